The summed E-state index contributed by atoms with van der Waals surface area (Å²) in [7, 11) is 0. The van der Waals surface area contributed by atoms with Gasteiger partial charge in [-0.05, 0) is 18.2 Å². The number of quaternary nitrogens is 1. The highest BCUT2D eigenvalue weighted by Gasteiger charge is 2.22. The monoisotopic (exact) mass is 242 g/mol. The Bertz CT molecular complexity index is 566. The molecule has 90 valence electrons. The molecule has 2 aromatic rings. The summed E-state index contributed by atoms with van der Waals surface area (Å²) >= 11 is 0. The maximum absolute atomic E-state index is 11.1. The van der Waals surface area contributed by atoms with Crippen molar-refractivity contribution in [3.05, 3.63) is 59.3 Å². The molecule has 0 saturated heterocycles. The van der Waals surface area contributed by atoms with Gasteiger partial charge in [0.15, 0.2) is 5.69 Å². The molecule has 1 unspecified atom stereocenters. The van der Waals surface area contributed by atoms with Crippen LogP contribution in [0.4, 0.5) is 5.69 Å². The highest BCUT2D eigenvalue weighted by atomic mass is 16.8. The predicted octanol–water partition coefficient (Wildman–Crippen LogP) is 0.535. The van der Waals surface area contributed by atoms with Crippen molar-refractivity contribution >= 4 is 5.69 Å². The minimum atomic E-state index is -1.10. The summed E-state index contributed by atoms with van der Waals surface area (Å²) in [6.45, 7) is 0. The number of hydrogen-bond donors (Lipinski definition) is 2. The number of pyridine rings is 2. The maximum Gasteiger partial charge on any atom is 0.187 e. The van der Waals surface area contributed by atoms with Crippen LogP contribution in [0.15, 0.2) is 42.7 Å². The van der Waals surface area contributed by atoms with Gasteiger partial charge in [0, 0.05) is 18.5 Å². The third kappa shape index (κ3) is 2.33. The average Bonchev–Trinajstić information content (AvgIpc) is 2.41. The molecule has 2 heterocycles. The second kappa shape index (κ2) is 5.33. The fourth-order valence-corrected chi connectivity index (χ4v) is 1.64. The van der Waals surface area contributed by atoms with Crippen LogP contribution in [0, 0.1) is 16.5 Å². The van der Waals surface area contributed by atoms with Crippen molar-refractivity contribution < 1.29 is 10.4 Å². The number of nitrogens with one attached hydrogen (secondary N) is 1. The fourth-order valence-electron chi connectivity index (χ4n) is 1.64. The molecule has 0 aliphatic carbocycles. The second-order valence-corrected chi connectivity index (χ2v) is 3.56. The van der Waals surface area contributed by atoms with E-state index >= 15 is 0 Å². The van der Waals surface area contributed by atoms with E-state index in [9.17, 15) is 10.5 Å². The number of rotatable bonds is 3. The van der Waals surface area contributed by atoms with Crippen LogP contribution in [0.5, 0.6) is 0 Å². The first-order chi connectivity index (χ1) is 8.74. The lowest BCUT2D eigenvalue weighted by Crippen LogP contribution is -2.99. The zero-order valence-electron chi connectivity index (χ0n) is 9.32. The molecule has 18 heavy (non-hydrogen) atoms. The van der Waals surface area contributed by atoms with Crippen molar-refractivity contribution in [2.45, 2.75) is 5.92 Å². The Morgan fingerprint density at radius 3 is 2.61 bits per heavy atom. The van der Waals surface area contributed by atoms with Crippen LogP contribution in [0.25, 0.3) is 0 Å². The van der Waals surface area contributed by atoms with Gasteiger partial charge in [-0.3, -0.25) is 9.97 Å². The molecule has 6 heteroatoms. The summed E-state index contributed by atoms with van der Waals surface area (Å²) < 4.78 is 0. The van der Waals surface area contributed by atoms with E-state index in [0.29, 0.717) is 5.69 Å². The highest BCUT2D eigenvalue weighted by Crippen LogP contribution is 2.24. The van der Waals surface area contributed by atoms with Gasteiger partial charge in [-0.2, -0.15) is 10.5 Å². The molecule has 0 spiro atoms. The summed E-state index contributed by atoms with van der Waals surface area (Å²) in [4.78, 5) is 8.08. The standard InChI is InChI=1S/C12H10N4O2/c13-8-9(10-4-1-2-6-14-10)12-11(16(17)18)5-3-7-15-12/h1-7,9,16-17H/t9-/m0/s1. The van der Waals surface area contributed by atoms with Gasteiger partial charge in [0.25, 0.3) is 0 Å². The number of hydrogen-bond acceptors (Lipinski definition) is 5. The van der Waals surface area contributed by atoms with Crippen molar-refractivity contribution in [3.63, 3.8) is 0 Å². The van der Waals surface area contributed by atoms with E-state index in [4.69, 9.17) is 5.21 Å². The van der Waals surface area contributed by atoms with Gasteiger partial charge >= 0.3 is 0 Å². The first-order valence-corrected chi connectivity index (χ1v) is 5.22. The Labute approximate surface area is 103 Å². The molecule has 6 nitrogen and oxygen atoms in total. The Hall–Kier alpha value is -2.33. The molecule has 0 bridgehead atoms. The lowest BCUT2D eigenvalue weighted by atomic mass is 10.0. The SMILES string of the molecule is N#C[C@@H](c1ccccn1)c1ncccc1[NH+]([O-])O. The molecule has 0 saturated carbocycles. The highest BCUT2D eigenvalue weighted by molar-refractivity contribution is 5.43. The van der Waals surface area contributed by atoms with Crippen molar-refractivity contribution in [2.24, 2.45) is 0 Å². The summed E-state index contributed by atoms with van der Waals surface area (Å²) in [6, 6.07) is 10.1. The largest absolute Gasteiger partial charge is 0.595 e. The second-order valence-electron chi connectivity index (χ2n) is 3.56. The summed E-state index contributed by atoms with van der Waals surface area (Å²) in [6.07, 6.45) is 3.03. The summed E-state index contributed by atoms with van der Waals surface area (Å²) in [5, 5.41) is 28.3. The van der Waals surface area contributed by atoms with Gasteiger partial charge in [0.05, 0.1) is 11.8 Å². The minimum Gasteiger partial charge on any atom is -0.595 e. The molecular weight excluding hydrogens is 232 g/mol. The van der Waals surface area contributed by atoms with Gasteiger partial charge < -0.3 is 5.21 Å². The molecule has 0 fully saturated rings. The average molecular weight is 242 g/mol. The molecule has 0 aliphatic heterocycles. The molecule has 0 aromatic carbocycles. The summed E-state index contributed by atoms with van der Waals surface area (Å²) in [5.74, 6) is -0.779. The van der Waals surface area contributed by atoms with Crippen LogP contribution >= 0.6 is 0 Å². The normalized spacial score (nSPS) is 13.6. The first-order valence-electron chi connectivity index (χ1n) is 5.22. The van der Waals surface area contributed by atoms with E-state index in [1.165, 1.54) is 18.3 Å². The first kappa shape index (κ1) is 12.1. The summed E-state index contributed by atoms with van der Waals surface area (Å²) in [5.41, 5.74) is 0.724. The molecule has 2 N–H and O–H groups in total. The predicted molar refractivity (Wildman–Crippen MR) is 61.7 cm³/mol. The van der Waals surface area contributed by atoms with Gasteiger partial charge in [0.1, 0.15) is 11.6 Å². The van der Waals surface area contributed by atoms with Crippen molar-refractivity contribution in [1.82, 2.24) is 9.97 Å². The van der Waals surface area contributed by atoms with Crippen molar-refractivity contribution in [1.29, 1.82) is 5.26 Å². The van der Waals surface area contributed by atoms with E-state index in [1.54, 1.807) is 24.4 Å². The Balaban J connectivity index is 2.50. The maximum atomic E-state index is 11.1. The zero-order valence-corrected chi connectivity index (χ0v) is 9.32. The quantitative estimate of drug-likeness (QED) is 0.765. The number of nitriles is 1. The number of nitrogens with zero attached hydrogens (tertiary/aromatic N) is 3. The Kier molecular flexibility index (Phi) is 3.60. The number of aromatic nitrogens is 2. The fraction of sp³-hybridized carbons (Fsp3) is 0.0833. The van der Waals surface area contributed by atoms with E-state index in [1.807, 2.05) is 6.07 Å². The van der Waals surface area contributed by atoms with Gasteiger partial charge in [-0.1, -0.05) is 6.07 Å². The van der Waals surface area contributed by atoms with Crippen molar-refractivity contribution in [3.8, 4) is 6.07 Å². The molecule has 0 amide bonds. The minimum absolute atomic E-state index is 0.0229. The zero-order chi connectivity index (χ0) is 13.0. The molecule has 2 atom stereocenters. The van der Waals surface area contributed by atoms with Crippen LogP contribution in [-0.2, 0) is 0 Å². The van der Waals surface area contributed by atoms with Crippen molar-refractivity contribution in [2.75, 3.05) is 0 Å². The Morgan fingerprint density at radius 2 is 2.00 bits per heavy atom. The molecule has 2 aromatic heterocycles. The van der Waals surface area contributed by atoms with E-state index < -0.39 is 11.1 Å². The van der Waals surface area contributed by atoms with Crippen LogP contribution in [-0.4, -0.2) is 15.2 Å². The van der Waals surface area contributed by atoms with Crippen LogP contribution in [0.1, 0.15) is 17.3 Å². The molecule has 0 radical (unpaired) electrons. The lowest BCUT2D eigenvalue weighted by molar-refractivity contribution is -0.991. The Morgan fingerprint density at radius 1 is 1.22 bits per heavy atom. The van der Waals surface area contributed by atoms with Crippen LogP contribution < -0.4 is 5.23 Å². The molecular formula is C12H10N4O2. The van der Waals surface area contributed by atoms with E-state index in [2.05, 4.69) is 9.97 Å². The molecule has 2 rings (SSSR count). The third-order valence-electron chi connectivity index (χ3n) is 2.46. The van der Waals surface area contributed by atoms with Crippen LogP contribution in [0.3, 0.4) is 0 Å². The smallest absolute Gasteiger partial charge is 0.187 e. The topological polar surface area (TPSA) is 97.3 Å². The van der Waals surface area contributed by atoms with Gasteiger partial charge in [-0.15, -0.1) is 0 Å². The van der Waals surface area contributed by atoms with E-state index in [0.717, 1.165) is 0 Å². The molecule has 0 aliphatic rings. The van der Waals surface area contributed by atoms with Gasteiger partial charge in [-0.25, -0.2) is 5.21 Å². The van der Waals surface area contributed by atoms with Gasteiger partial charge in [0.2, 0.25) is 0 Å². The van der Waals surface area contributed by atoms with E-state index in [-0.39, 0.29) is 11.4 Å². The third-order valence-corrected chi connectivity index (χ3v) is 2.46. The lowest BCUT2D eigenvalue weighted by Gasteiger charge is -2.16. The van der Waals surface area contributed by atoms with Crippen LogP contribution in [0.2, 0.25) is 0 Å².